The van der Waals surface area contributed by atoms with Gasteiger partial charge in [-0.1, -0.05) is 48.5 Å². The maximum Gasteiger partial charge on any atom is 0.209 e. The predicted molar refractivity (Wildman–Crippen MR) is 107 cm³/mol. The fourth-order valence-corrected chi connectivity index (χ4v) is 3.73. The average molecular weight is 376 g/mol. The van der Waals surface area contributed by atoms with Gasteiger partial charge in [-0.15, -0.1) is 22.0 Å². The molecule has 2 heterocycles. The number of hydrogen-bond donors (Lipinski definition) is 0. The third-order valence-electron chi connectivity index (χ3n) is 4.08. The van der Waals surface area contributed by atoms with Gasteiger partial charge in [0.15, 0.2) is 0 Å². The molecule has 6 nitrogen and oxygen atoms in total. The minimum atomic E-state index is 0.163. The minimum absolute atomic E-state index is 0.163. The highest BCUT2D eigenvalue weighted by molar-refractivity contribution is 7.98. The third kappa shape index (κ3) is 3.78. The molecule has 7 heteroatoms. The smallest absolute Gasteiger partial charge is 0.209 e. The van der Waals surface area contributed by atoms with E-state index in [2.05, 4.69) is 44.8 Å². The fraction of sp³-hybridized carbons (Fsp3) is 0.200. The molecule has 0 saturated carbocycles. The number of benzene rings is 2. The van der Waals surface area contributed by atoms with Crippen molar-refractivity contribution in [1.29, 1.82) is 0 Å². The molecule has 0 fully saturated rings. The molecule has 4 rings (SSSR count). The number of para-hydroxylation sites is 1. The summed E-state index contributed by atoms with van der Waals surface area (Å²) >= 11 is 1.72. The zero-order valence-corrected chi connectivity index (χ0v) is 16.0. The molecule has 0 saturated heterocycles. The van der Waals surface area contributed by atoms with Crippen molar-refractivity contribution in [3.63, 3.8) is 0 Å². The SMILES string of the molecule is CC(C)n1nnc(-c2cnn(-c3ccccc3)c2SCc2ccccc2)n1. The van der Waals surface area contributed by atoms with Gasteiger partial charge in [-0.25, -0.2) is 4.68 Å². The quantitative estimate of drug-likeness (QED) is 0.467. The van der Waals surface area contributed by atoms with Crippen molar-refractivity contribution in [1.82, 2.24) is 30.0 Å². The van der Waals surface area contributed by atoms with Crippen LogP contribution in [0.25, 0.3) is 17.1 Å². The van der Waals surface area contributed by atoms with E-state index in [-0.39, 0.29) is 6.04 Å². The first kappa shape index (κ1) is 17.5. The molecule has 0 spiro atoms. The molecule has 0 bridgehead atoms. The van der Waals surface area contributed by atoms with Crippen LogP contribution in [0.4, 0.5) is 0 Å². The number of aromatic nitrogens is 6. The summed E-state index contributed by atoms with van der Waals surface area (Å²) in [4.78, 5) is 1.63. The van der Waals surface area contributed by atoms with E-state index in [1.54, 1.807) is 16.6 Å². The Hall–Kier alpha value is -2.93. The summed E-state index contributed by atoms with van der Waals surface area (Å²) in [5.41, 5.74) is 3.16. The summed E-state index contributed by atoms with van der Waals surface area (Å²) in [5.74, 6) is 1.44. The molecule has 4 aromatic rings. The molecule has 27 heavy (non-hydrogen) atoms. The number of nitrogens with zero attached hydrogens (tertiary/aromatic N) is 6. The highest BCUT2D eigenvalue weighted by Gasteiger charge is 2.19. The molecule has 0 N–H and O–H groups in total. The first-order valence-electron chi connectivity index (χ1n) is 8.82. The van der Waals surface area contributed by atoms with Gasteiger partial charge in [0.2, 0.25) is 5.82 Å². The van der Waals surface area contributed by atoms with Crippen LogP contribution in [0.2, 0.25) is 0 Å². The zero-order chi connectivity index (χ0) is 18.6. The van der Waals surface area contributed by atoms with Crippen LogP contribution in [-0.4, -0.2) is 30.0 Å². The van der Waals surface area contributed by atoms with Crippen LogP contribution in [0.5, 0.6) is 0 Å². The van der Waals surface area contributed by atoms with E-state index in [4.69, 9.17) is 0 Å². The van der Waals surface area contributed by atoms with Crippen LogP contribution in [0, 0.1) is 0 Å². The summed E-state index contributed by atoms with van der Waals surface area (Å²) in [6.45, 7) is 4.06. The lowest BCUT2D eigenvalue weighted by Crippen LogP contribution is -2.04. The summed E-state index contributed by atoms with van der Waals surface area (Å²) in [5, 5.41) is 18.6. The number of thioether (sulfide) groups is 1. The molecule has 2 aromatic carbocycles. The fourth-order valence-electron chi connectivity index (χ4n) is 2.66. The predicted octanol–water partition coefficient (Wildman–Crippen LogP) is 4.40. The maximum atomic E-state index is 4.61. The Morgan fingerprint density at radius 1 is 0.963 bits per heavy atom. The van der Waals surface area contributed by atoms with Crippen molar-refractivity contribution < 1.29 is 0 Å². The van der Waals surface area contributed by atoms with Gasteiger partial charge in [-0.05, 0) is 36.8 Å². The Bertz CT molecular complexity index is 1010. The molecular weight excluding hydrogens is 356 g/mol. The molecule has 0 radical (unpaired) electrons. The van der Waals surface area contributed by atoms with E-state index >= 15 is 0 Å². The average Bonchev–Trinajstić information content (AvgIpc) is 3.35. The standard InChI is InChI=1S/C20H20N6S/c1-15(2)26-23-19(22-24-26)18-13-21-25(17-11-7-4-8-12-17)20(18)27-14-16-9-5-3-6-10-16/h3-13,15H,14H2,1-2H3. The number of hydrogen-bond acceptors (Lipinski definition) is 5. The van der Waals surface area contributed by atoms with E-state index in [0.29, 0.717) is 5.82 Å². The van der Waals surface area contributed by atoms with E-state index in [0.717, 1.165) is 22.0 Å². The lowest BCUT2D eigenvalue weighted by molar-refractivity contribution is 0.455. The van der Waals surface area contributed by atoms with Gasteiger partial charge in [0.05, 0.1) is 23.5 Å². The van der Waals surface area contributed by atoms with Gasteiger partial charge in [-0.2, -0.15) is 9.90 Å². The molecule has 2 aromatic heterocycles. The van der Waals surface area contributed by atoms with Crippen LogP contribution in [0.1, 0.15) is 25.5 Å². The first-order valence-corrected chi connectivity index (χ1v) is 9.81. The summed E-state index contributed by atoms with van der Waals surface area (Å²) < 4.78 is 1.94. The second-order valence-electron chi connectivity index (χ2n) is 6.41. The van der Waals surface area contributed by atoms with Crippen molar-refractivity contribution in [3.8, 4) is 17.1 Å². The zero-order valence-electron chi connectivity index (χ0n) is 15.2. The Balaban J connectivity index is 1.73. The van der Waals surface area contributed by atoms with Crippen LogP contribution in [0.3, 0.4) is 0 Å². The van der Waals surface area contributed by atoms with Crippen molar-refractivity contribution in [2.45, 2.75) is 30.7 Å². The highest BCUT2D eigenvalue weighted by Crippen LogP contribution is 2.33. The lowest BCUT2D eigenvalue weighted by Gasteiger charge is -2.08. The Kier molecular flexibility index (Phi) is 5.02. The van der Waals surface area contributed by atoms with Crippen molar-refractivity contribution >= 4 is 11.8 Å². The third-order valence-corrected chi connectivity index (χ3v) is 5.22. The molecule has 0 aliphatic heterocycles. The lowest BCUT2D eigenvalue weighted by atomic mass is 10.2. The maximum absolute atomic E-state index is 4.61. The van der Waals surface area contributed by atoms with Gasteiger partial charge >= 0.3 is 0 Å². The molecule has 0 aliphatic rings. The second-order valence-corrected chi connectivity index (χ2v) is 7.38. The van der Waals surface area contributed by atoms with E-state index < -0.39 is 0 Å². The monoisotopic (exact) mass is 376 g/mol. The second kappa shape index (κ2) is 7.75. The summed E-state index contributed by atoms with van der Waals surface area (Å²) in [6.07, 6.45) is 1.82. The first-order chi connectivity index (χ1) is 13.2. The van der Waals surface area contributed by atoms with Crippen molar-refractivity contribution in [2.75, 3.05) is 0 Å². The van der Waals surface area contributed by atoms with Gasteiger partial charge in [0.1, 0.15) is 5.03 Å². The molecule has 136 valence electrons. The Morgan fingerprint density at radius 2 is 1.67 bits per heavy atom. The van der Waals surface area contributed by atoms with Crippen LogP contribution in [-0.2, 0) is 5.75 Å². The van der Waals surface area contributed by atoms with Crippen LogP contribution < -0.4 is 0 Å². The van der Waals surface area contributed by atoms with Gasteiger partial charge in [0.25, 0.3) is 0 Å². The Morgan fingerprint density at radius 3 is 2.33 bits per heavy atom. The highest BCUT2D eigenvalue weighted by atomic mass is 32.2. The molecule has 0 aliphatic carbocycles. The van der Waals surface area contributed by atoms with Crippen molar-refractivity contribution in [2.24, 2.45) is 0 Å². The summed E-state index contributed by atoms with van der Waals surface area (Å²) in [7, 11) is 0. The van der Waals surface area contributed by atoms with Crippen LogP contribution >= 0.6 is 11.8 Å². The van der Waals surface area contributed by atoms with Gasteiger partial charge < -0.3 is 0 Å². The number of tetrazole rings is 1. The van der Waals surface area contributed by atoms with Gasteiger partial charge in [0, 0.05) is 5.75 Å². The van der Waals surface area contributed by atoms with E-state index in [1.807, 2.05) is 61.1 Å². The normalized spacial score (nSPS) is 11.2. The molecule has 0 unspecified atom stereocenters. The largest absolute Gasteiger partial charge is 0.226 e. The van der Waals surface area contributed by atoms with E-state index in [9.17, 15) is 0 Å². The van der Waals surface area contributed by atoms with Crippen LogP contribution in [0.15, 0.2) is 71.9 Å². The minimum Gasteiger partial charge on any atom is -0.226 e. The van der Waals surface area contributed by atoms with E-state index in [1.165, 1.54) is 5.56 Å². The summed E-state index contributed by atoms with van der Waals surface area (Å²) in [6, 6.07) is 20.7. The topological polar surface area (TPSA) is 61.4 Å². The number of rotatable bonds is 6. The molecule has 0 amide bonds. The van der Waals surface area contributed by atoms with Crippen molar-refractivity contribution in [3.05, 3.63) is 72.4 Å². The van der Waals surface area contributed by atoms with Gasteiger partial charge in [-0.3, -0.25) is 0 Å². The molecule has 0 atom stereocenters. The Labute approximate surface area is 162 Å². The molecular formula is C20H20N6S.